The minimum absolute atomic E-state index is 0.0402. The fourth-order valence-electron chi connectivity index (χ4n) is 4.88. The number of fused-ring (bicyclic) bond motifs is 1. The summed E-state index contributed by atoms with van der Waals surface area (Å²) in [6.45, 7) is 5.21. The van der Waals surface area contributed by atoms with Crippen LogP contribution in [0.4, 0.5) is 5.69 Å². The number of rotatable bonds is 12. The van der Waals surface area contributed by atoms with Gasteiger partial charge in [0.25, 0.3) is 5.91 Å². The molecule has 38 heavy (non-hydrogen) atoms. The molecule has 1 amide bonds. The molecule has 0 unspecified atom stereocenters. The molecule has 0 fully saturated rings. The van der Waals surface area contributed by atoms with Crippen molar-refractivity contribution in [3.8, 4) is 11.5 Å². The zero-order valence-corrected chi connectivity index (χ0v) is 22.3. The summed E-state index contributed by atoms with van der Waals surface area (Å²) in [5.74, 6) is 0.970. The van der Waals surface area contributed by atoms with Crippen LogP contribution in [0.15, 0.2) is 60.7 Å². The normalized spacial score (nSPS) is 12.6. The second-order valence-electron chi connectivity index (χ2n) is 10.3. The van der Waals surface area contributed by atoms with Crippen LogP contribution in [0, 0.1) is 5.92 Å². The van der Waals surface area contributed by atoms with E-state index in [1.807, 2.05) is 24.3 Å². The summed E-state index contributed by atoms with van der Waals surface area (Å²) in [7, 11) is 0. The van der Waals surface area contributed by atoms with E-state index in [4.69, 9.17) is 14.6 Å². The van der Waals surface area contributed by atoms with Crippen LogP contribution < -0.4 is 14.8 Å². The maximum Gasteiger partial charge on any atom is 0.303 e. The monoisotopic (exact) mass is 515 g/mol. The number of hydrogen-bond donors (Lipinski definition) is 2. The van der Waals surface area contributed by atoms with Gasteiger partial charge in [-0.25, -0.2) is 0 Å². The molecule has 0 bridgehead atoms. The number of anilines is 1. The van der Waals surface area contributed by atoms with E-state index in [1.165, 1.54) is 5.56 Å². The Morgan fingerprint density at radius 3 is 2.32 bits per heavy atom. The Balaban J connectivity index is 1.45. The maximum absolute atomic E-state index is 13.4. The molecule has 3 aromatic rings. The lowest BCUT2D eigenvalue weighted by atomic mass is 9.87. The van der Waals surface area contributed by atoms with Gasteiger partial charge in [-0.15, -0.1) is 0 Å². The minimum Gasteiger partial charge on any atom is -0.491 e. The van der Waals surface area contributed by atoms with Gasteiger partial charge in [0.05, 0.1) is 12.3 Å². The van der Waals surface area contributed by atoms with Crippen LogP contribution in [0.2, 0.25) is 0 Å². The number of para-hydroxylation sites is 2. The van der Waals surface area contributed by atoms with Crippen LogP contribution in [0.3, 0.4) is 0 Å². The van der Waals surface area contributed by atoms with E-state index >= 15 is 0 Å². The fraction of sp³-hybridized carbons (Fsp3) is 0.375. The highest BCUT2D eigenvalue weighted by atomic mass is 16.5. The SMILES string of the molecule is CC(C)Cc1ccc(COc2ccc(C(=O)Nc3ccccc3OCCCC(=O)O)c3c2CCCC3)cc1. The standard InChI is InChI=1S/C32H37NO5/c1-22(2)20-23-13-15-24(16-14-23)21-38-29-18-17-27(25-8-3-4-9-26(25)29)32(36)33-28-10-5-6-11-30(28)37-19-7-12-31(34)35/h5-6,10-11,13-18,22H,3-4,7-9,12,19-21H2,1-2H3,(H,33,36)(H,34,35). The van der Waals surface area contributed by atoms with E-state index in [9.17, 15) is 9.59 Å². The first kappa shape index (κ1) is 27.2. The molecule has 0 saturated carbocycles. The molecule has 0 heterocycles. The Morgan fingerprint density at radius 1 is 0.868 bits per heavy atom. The smallest absolute Gasteiger partial charge is 0.303 e. The summed E-state index contributed by atoms with van der Waals surface area (Å²) in [6.07, 6.45) is 5.35. The van der Waals surface area contributed by atoms with Crippen LogP contribution in [-0.4, -0.2) is 23.6 Å². The lowest BCUT2D eigenvalue weighted by Gasteiger charge is -2.23. The van der Waals surface area contributed by atoms with Crippen LogP contribution >= 0.6 is 0 Å². The molecule has 1 aliphatic carbocycles. The van der Waals surface area contributed by atoms with E-state index in [0.29, 0.717) is 35.9 Å². The van der Waals surface area contributed by atoms with Crippen molar-refractivity contribution in [3.05, 3.63) is 88.5 Å². The Bertz CT molecular complexity index is 1250. The van der Waals surface area contributed by atoms with Gasteiger partial charge < -0.3 is 19.9 Å². The predicted molar refractivity (Wildman–Crippen MR) is 149 cm³/mol. The number of carbonyl (C=O) groups excluding carboxylic acids is 1. The number of carbonyl (C=O) groups is 2. The summed E-state index contributed by atoms with van der Waals surface area (Å²) in [5.41, 5.74) is 5.87. The largest absolute Gasteiger partial charge is 0.491 e. The molecule has 0 atom stereocenters. The molecule has 0 spiro atoms. The molecule has 4 rings (SSSR count). The molecule has 3 aromatic carbocycles. The van der Waals surface area contributed by atoms with Gasteiger partial charge in [0.15, 0.2) is 0 Å². The molecular weight excluding hydrogens is 478 g/mol. The third-order valence-corrected chi connectivity index (χ3v) is 6.73. The highest BCUT2D eigenvalue weighted by molar-refractivity contribution is 6.06. The van der Waals surface area contributed by atoms with Gasteiger partial charge in [-0.1, -0.05) is 50.2 Å². The number of carboxylic acids is 1. The fourth-order valence-corrected chi connectivity index (χ4v) is 4.88. The average molecular weight is 516 g/mol. The lowest BCUT2D eigenvalue weighted by molar-refractivity contribution is -0.137. The van der Waals surface area contributed by atoms with Crippen molar-refractivity contribution in [1.82, 2.24) is 0 Å². The molecule has 0 radical (unpaired) electrons. The molecule has 0 aromatic heterocycles. The molecule has 0 saturated heterocycles. The van der Waals surface area contributed by atoms with Gasteiger partial charge in [0.1, 0.15) is 18.1 Å². The van der Waals surface area contributed by atoms with Crippen molar-refractivity contribution in [3.63, 3.8) is 0 Å². The van der Waals surface area contributed by atoms with E-state index in [-0.39, 0.29) is 18.9 Å². The van der Waals surface area contributed by atoms with Crippen LogP contribution in [0.5, 0.6) is 11.5 Å². The molecule has 6 nitrogen and oxygen atoms in total. The summed E-state index contributed by atoms with van der Waals surface area (Å²) in [6, 6.07) is 19.6. The Morgan fingerprint density at radius 2 is 1.58 bits per heavy atom. The van der Waals surface area contributed by atoms with Crippen LogP contribution in [-0.2, 0) is 30.7 Å². The number of ether oxygens (including phenoxy) is 2. The van der Waals surface area contributed by atoms with Crippen molar-refractivity contribution in [2.45, 2.75) is 65.4 Å². The summed E-state index contributed by atoms with van der Waals surface area (Å²) in [5, 5.41) is 11.8. The number of nitrogens with one attached hydrogen (secondary N) is 1. The van der Waals surface area contributed by atoms with Crippen molar-refractivity contribution >= 4 is 17.6 Å². The first-order valence-electron chi connectivity index (χ1n) is 13.5. The van der Waals surface area contributed by atoms with Gasteiger partial charge in [-0.2, -0.15) is 0 Å². The number of amides is 1. The first-order chi connectivity index (χ1) is 18.4. The Hall–Kier alpha value is -3.80. The molecule has 0 aliphatic heterocycles. The number of benzene rings is 3. The predicted octanol–water partition coefficient (Wildman–Crippen LogP) is 6.84. The molecular formula is C32H37NO5. The molecule has 1 aliphatic rings. The topological polar surface area (TPSA) is 84.9 Å². The number of aliphatic carboxylic acids is 1. The van der Waals surface area contributed by atoms with E-state index < -0.39 is 5.97 Å². The third kappa shape index (κ3) is 7.37. The molecule has 6 heteroatoms. The molecule has 2 N–H and O–H groups in total. The van der Waals surface area contributed by atoms with E-state index in [2.05, 4.69) is 43.4 Å². The average Bonchev–Trinajstić information content (AvgIpc) is 2.91. The van der Waals surface area contributed by atoms with Gasteiger partial charge in [0.2, 0.25) is 0 Å². The van der Waals surface area contributed by atoms with Gasteiger partial charge in [0, 0.05) is 12.0 Å². The number of carboxylic acid groups (broad SMARTS) is 1. The molecule has 200 valence electrons. The van der Waals surface area contributed by atoms with Crippen molar-refractivity contribution < 1.29 is 24.2 Å². The maximum atomic E-state index is 13.4. The van der Waals surface area contributed by atoms with Gasteiger partial charge >= 0.3 is 5.97 Å². The van der Waals surface area contributed by atoms with Crippen LogP contribution in [0.25, 0.3) is 0 Å². The lowest BCUT2D eigenvalue weighted by Crippen LogP contribution is -2.18. The highest BCUT2D eigenvalue weighted by Gasteiger charge is 2.22. The summed E-state index contributed by atoms with van der Waals surface area (Å²) < 4.78 is 12.0. The summed E-state index contributed by atoms with van der Waals surface area (Å²) in [4.78, 5) is 24.1. The first-order valence-corrected chi connectivity index (χ1v) is 13.5. The summed E-state index contributed by atoms with van der Waals surface area (Å²) >= 11 is 0. The van der Waals surface area contributed by atoms with E-state index in [0.717, 1.165) is 54.5 Å². The quantitative estimate of drug-likeness (QED) is 0.258. The van der Waals surface area contributed by atoms with Crippen molar-refractivity contribution in [1.29, 1.82) is 0 Å². The van der Waals surface area contributed by atoms with Gasteiger partial charge in [-0.05, 0) is 91.0 Å². The van der Waals surface area contributed by atoms with E-state index in [1.54, 1.807) is 12.1 Å². The van der Waals surface area contributed by atoms with Crippen molar-refractivity contribution in [2.75, 3.05) is 11.9 Å². The third-order valence-electron chi connectivity index (χ3n) is 6.73. The van der Waals surface area contributed by atoms with Gasteiger partial charge in [-0.3, -0.25) is 9.59 Å². The zero-order chi connectivity index (χ0) is 26.9. The minimum atomic E-state index is -0.855. The highest BCUT2D eigenvalue weighted by Crippen LogP contribution is 2.34. The Labute approximate surface area is 225 Å². The van der Waals surface area contributed by atoms with Crippen molar-refractivity contribution in [2.24, 2.45) is 5.92 Å². The second-order valence-corrected chi connectivity index (χ2v) is 10.3. The Kier molecular flexibility index (Phi) is 9.41. The van der Waals surface area contributed by atoms with Crippen LogP contribution in [0.1, 0.15) is 72.1 Å². The second kappa shape index (κ2) is 13.1. The number of hydrogen-bond acceptors (Lipinski definition) is 4. The zero-order valence-electron chi connectivity index (χ0n) is 22.3.